The Morgan fingerprint density at radius 1 is 1.00 bits per heavy atom. The fourth-order valence-electron chi connectivity index (χ4n) is 2.43. The molecule has 0 aromatic heterocycles. The van der Waals surface area contributed by atoms with Crippen molar-refractivity contribution in [3.63, 3.8) is 0 Å². The molecule has 3 rings (SSSR count). The molecule has 0 radical (unpaired) electrons. The van der Waals surface area contributed by atoms with Crippen LogP contribution in [0.3, 0.4) is 0 Å². The number of methoxy groups -OCH3 is 1. The van der Waals surface area contributed by atoms with Gasteiger partial charge in [0.15, 0.2) is 0 Å². The Kier molecular flexibility index (Phi) is 1.98. The maximum Gasteiger partial charge on any atom is 0.127 e. The van der Waals surface area contributed by atoms with E-state index in [4.69, 9.17) is 10.5 Å². The van der Waals surface area contributed by atoms with Crippen molar-refractivity contribution < 1.29 is 4.74 Å². The second kappa shape index (κ2) is 3.35. The van der Waals surface area contributed by atoms with E-state index in [9.17, 15) is 0 Å². The summed E-state index contributed by atoms with van der Waals surface area (Å²) in [6.07, 6.45) is 0. The van der Waals surface area contributed by atoms with Crippen molar-refractivity contribution in [2.75, 3.05) is 7.11 Å². The van der Waals surface area contributed by atoms with E-state index in [1.165, 1.54) is 11.1 Å². The maximum atomic E-state index is 6.23. The Morgan fingerprint density at radius 2 is 1.75 bits per heavy atom. The topological polar surface area (TPSA) is 35.2 Å². The molecule has 0 bridgehead atoms. The van der Waals surface area contributed by atoms with Crippen molar-refractivity contribution in [3.8, 4) is 16.9 Å². The number of ether oxygens (including phenoxy) is 1. The first-order chi connectivity index (χ1) is 7.83. The van der Waals surface area contributed by atoms with Crippen molar-refractivity contribution in [2.45, 2.75) is 6.04 Å². The summed E-state index contributed by atoms with van der Waals surface area (Å²) in [5.41, 5.74) is 10.9. The molecule has 0 fully saturated rings. The lowest BCUT2D eigenvalue weighted by Gasteiger charge is -2.08. The average Bonchev–Trinajstić information content (AvgIpc) is 2.64. The van der Waals surface area contributed by atoms with Gasteiger partial charge in [0, 0.05) is 5.56 Å². The third-order valence-electron chi connectivity index (χ3n) is 3.18. The molecule has 2 aromatic carbocycles. The van der Waals surface area contributed by atoms with Gasteiger partial charge < -0.3 is 10.5 Å². The number of benzene rings is 2. The van der Waals surface area contributed by atoms with E-state index in [-0.39, 0.29) is 6.04 Å². The van der Waals surface area contributed by atoms with Crippen molar-refractivity contribution in [2.24, 2.45) is 5.73 Å². The summed E-state index contributed by atoms with van der Waals surface area (Å²) in [6.45, 7) is 0. The summed E-state index contributed by atoms with van der Waals surface area (Å²) in [5.74, 6) is 0.901. The number of rotatable bonds is 1. The third kappa shape index (κ3) is 1.11. The first-order valence-corrected chi connectivity index (χ1v) is 5.34. The molecule has 0 saturated heterocycles. The standard InChI is InChI=1S/C14H13NO/c1-16-12-8-4-7-11-13(12)9-5-2-3-6-10(9)14(11)15/h2-8,14H,15H2,1H3. The minimum absolute atomic E-state index is 0.0266. The summed E-state index contributed by atoms with van der Waals surface area (Å²) < 4.78 is 5.41. The van der Waals surface area contributed by atoms with Gasteiger partial charge in [-0.25, -0.2) is 0 Å². The maximum absolute atomic E-state index is 6.23. The fourth-order valence-corrected chi connectivity index (χ4v) is 2.43. The largest absolute Gasteiger partial charge is 0.496 e. The molecule has 2 heteroatoms. The van der Waals surface area contributed by atoms with Crippen LogP contribution >= 0.6 is 0 Å². The molecule has 0 saturated carbocycles. The van der Waals surface area contributed by atoms with Gasteiger partial charge in [0.05, 0.1) is 13.2 Å². The molecule has 2 N–H and O–H groups in total. The van der Waals surface area contributed by atoms with Crippen LogP contribution < -0.4 is 10.5 Å². The molecular weight excluding hydrogens is 198 g/mol. The molecular formula is C14H13NO. The van der Waals surface area contributed by atoms with E-state index in [1.807, 2.05) is 24.3 Å². The highest BCUT2D eigenvalue weighted by Crippen LogP contribution is 2.46. The Labute approximate surface area is 94.7 Å². The molecule has 16 heavy (non-hydrogen) atoms. The van der Waals surface area contributed by atoms with Gasteiger partial charge in [-0.2, -0.15) is 0 Å². The van der Waals surface area contributed by atoms with Crippen LogP contribution in [0.5, 0.6) is 5.75 Å². The van der Waals surface area contributed by atoms with E-state index in [2.05, 4.69) is 18.2 Å². The zero-order valence-electron chi connectivity index (χ0n) is 9.10. The minimum atomic E-state index is -0.0266. The summed E-state index contributed by atoms with van der Waals surface area (Å²) in [6, 6.07) is 14.3. The summed E-state index contributed by atoms with van der Waals surface area (Å²) >= 11 is 0. The highest BCUT2D eigenvalue weighted by molar-refractivity contribution is 5.83. The van der Waals surface area contributed by atoms with E-state index >= 15 is 0 Å². The number of hydrogen-bond donors (Lipinski definition) is 1. The van der Waals surface area contributed by atoms with Crippen LogP contribution in [-0.2, 0) is 0 Å². The van der Waals surface area contributed by atoms with Gasteiger partial charge in [0.1, 0.15) is 5.75 Å². The van der Waals surface area contributed by atoms with Crippen LogP contribution in [0.15, 0.2) is 42.5 Å². The minimum Gasteiger partial charge on any atom is -0.496 e. The van der Waals surface area contributed by atoms with Crippen molar-refractivity contribution in [3.05, 3.63) is 53.6 Å². The fraction of sp³-hybridized carbons (Fsp3) is 0.143. The molecule has 1 unspecified atom stereocenters. The van der Waals surface area contributed by atoms with Crippen LogP contribution in [0, 0.1) is 0 Å². The number of hydrogen-bond acceptors (Lipinski definition) is 2. The molecule has 2 aromatic rings. The molecule has 80 valence electrons. The molecule has 1 aliphatic rings. The van der Waals surface area contributed by atoms with Gasteiger partial charge in [-0.05, 0) is 22.8 Å². The Balaban J connectivity index is 2.35. The highest BCUT2D eigenvalue weighted by atomic mass is 16.5. The molecule has 2 nitrogen and oxygen atoms in total. The van der Waals surface area contributed by atoms with Crippen LogP contribution in [0.4, 0.5) is 0 Å². The molecule has 1 atom stereocenters. The van der Waals surface area contributed by atoms with E-state index in [1.54, 1.807) is 7.11 Å². The van der Waals surface area contributed by atoms with Crippen molar-refractivity contribution in [1.29, 1.82) is 0 Å². The summed E-state index contributed by atoms with van der Waals surface area (Å²) in [7, 11) is 1.70. The lowest BCUT2D eigenvalue weighted by atomic mass is 10.1. The van der Waals surface area contributed by atoms with Gasteiger partial charge >= 0.3 is 0 Å². The van der Waals surface area contributed by atoms with Gasteiger partial charge in [0.2, 0.25) is 0 Å². The normalized spacial score (nSPS) is 16.8. The van der Waals surface area contributed by atoms with Gasteiger partial charge in [-0.3, -0.25) is 0 Å². The molecule has 0 heterocycles. The quantitative estimate of drug-likeness (QED) is 0.787. The average molecular weight is 211 g/mol. The molecule has 0 aliphatic heterocycles. The first kappa shape index (κ1) is 9.43. The second-order valence-electron chi connectivity index (χ2n) is 3.99. The van der Waals surface area contributed by atoms with E-state index in [0.717, 1.165) is 16.9 Å². The van der Waals surface area contributed by atoms with Crippen LogP contribution in [0.1, 0.15) is 17.2 Å². The van der Waals surface area contributed by atoms with Gasteiger partial charge in [0.25, 0.3) is 0 Å². The lowest BCUT2D eigenvalue weighted by Crippen LogP contribution is -2.07. The summed E-state index contributed by atoms with van der Waals surface area (Å²) in [4.78, 5) is 0. The van der Waals surface area contributed by atoms with Crippen LogP contribution in [0.25, 0.3) is 11.1 Å². The smallest absolute Gasteiger partial charge is 0.127 e. The Hall–Kier alpha value is -1.80. The third-order valence-corrected chi connectivity index (χ3v) is 3.18. The highest BCUT2D eigenvalue weighted by Gasteiger charge is 2.27. The summed E-state index contributed by atoms with van der Waals surface area (Å²) in [5, 5.41) is 0. The van der Waals surface area contributed by atoms with E-state index < -0.39 is 0 Å². The Morgan fingerprint density at radius 3 is 2.56 bits per heavy atom. The van der Waals surface area contributed by atoms with Crippen LogP contribution in [-0.4, -0.2) is 7.11 Å². The number of fused-ring (bicyclic) bond motifs is 3. The van der Waals surface area contributed by atoms with Crippen molar-refractivity contribution >= 4 is 0 Å². The Bertz CT molecular complexity index is 548. The SMILES string of the molecule is COc1cccc2c1-c1ccccc1C2N. The monoisotopic (exact) mass is 211 g/mol. The lowest BCUT2D eigenvalue weighted by molar-refractivity contribution is 0.416. The first-order valence-electron chi connectivity index (χ1n) is 5.34. The number of nitrogens with two attached hydrogens (primary N) is 1. The molecule has 1 aliphatic carbocycles. The predicted octanol–water partition coefficient (Wildman–Crippen LogP) is 2.72. The zero-order chi connectivity index (χ0) is 11.1. The predicted molar refractivity (Wildman–Crippen MR) is 64.5 cm³/mol. The second-order valence-corrected chi connectivity index (χ2v) is 3.99. The van der Waals surface area contributed by atoms with Crippen LogP contribution in [0.2, 0.25) is 0 Å². The zero-order valence-corrected chi connectivity index (χ0v) is 9.10. The van der Waals surface area contributed by atoms with Gasteiger partial charge in [-0.1, -0.05) is 36.4 Å². The molecule has 0 amide bonds. The van der Waals surface area contributed by atoms with E-state index in [0.29, 0.717) is 0 Å². The van der Waals surface area contributed by atoms with Crippen molar-refractivity contribution in [1.82, 2.24) is 0 Å². The van der Waals surface area contributed by atoms with Gasteiger partial charge in [-0.15, -0.1) is 0 Å². The molecule has 0 spiro atoms.